The lowest BCUT2D eigenvalue weighted by Gasteiger charge is -2.14. The summed E-state index contributed by atoms with van der Waals surface area (Å²) >= 11 is 0. The molecular formula is C17H26N2O3. The average Bonchev–Trinajstić information content (AvgIpc) is 2.48. The van der Waals surface area contributed by atoms with Crippen LogP contribution in [0.5, 0.6) is 0 Å². The Morgan fingerprint density at radius 2 is 1.77 bits per heavy atom. The van der Waals surface area contributed by atoms with Crippen molar-refractivity contribution in [3.63, 3.8) is 0 Å². The van der Waals surface area contributed by atoms with Crippen LogP contribution < -0.4 is 11.1 Å². The molecule has 0 aliphatic carbocycles. The number of methoxy groups -OCH3 is 1. The SMILES string of the molecule is CC/C=C(\C)C(=O)\C=C/C(C)=C(NC)\C(C(=O)OC)=C(\C)N. The van der Waals surface area contributed by atoms with Gasteiger partial charge in [0.1, 0.15) is 5.57 Å². The molecule has 0 amide bonds. The van der Waals surface area contributed by atoms with Crippen LogP contribution in [-0.2, 0) is 14.3 Å². The monoisotopic (exact) mass is 306 g/mol. The smallest absolute Gasteiger partial charge is 0.341 e. The van der Waals surface area contributed by atoms with Crippen LogP contribution in [0.25, 0.3) is 0 Å². The molecule has 0 aromatic heterocycles. The molecule has 0 fully saturated rings. The highest BCUT2D eigenvalue weighted by atomic mass is 16.5. The fourth-order valence-electron chi connectivity index (χ4n) is 1.90. The van der Waals surface area contributed by atoms with Gasteiger partial charge in [-0.05, 0) is 44.4 Å². The first kappa shape index (κ1) is 19.7. The van der Waals surface area contributed by atoms with E-state index in [0.29, 0.717) is 22.5 Å². The van der Waals surface area contributed by atoms with E-state index in [1.807, 2.05) is 13.0 Å². The Bertz CT molecular complexity index is 548. The minimum Gasteiger partial charge on any atom is -0.465 e. The topological polar surface area (TPSA) is 81.4 Å². The third-order valence-corrected chi connectivity index (χ3v) is 3.06. The molecule has 0 atom stereocenters. The van der Waals surface area contributed by atoms with Crippen LogP contribution in [0, 0.1) is 0 Å². The van der Waals surface area contributed by atoms with Crippen molar-refractivity contribution in [2.45, 2.75) is 34.1 Å². The van der Waals surface area contributed by atoms with E-state index in [0.717, 1.165) is 6.42 Å². The van der Waals surface area contributed by atoms with Gasteiger partial charge < -0.3 is 15.8 Å². The Kier molecular flexibility index (Phi) is 8.60. The van der Waals surface area contributed by atoms with Gasteiger partial charge in [0.2, 0.25) is 0 Å². The highest BCUT2D eigenvalue weighted by molar-refractivity contribution is 6.03. The Balaban J connectivity index is 5.65. The second kappa shape index (κ2) is 9.60. The molecule has 0 aliphatic heterocycles. The summed E-state index contributed by atoms with van der Waals surface area (Å²) in [7, 11) is 2.98. The van der Waals surface area contributed by atoms with E-state index in [1.165, 1.54) is 13.2 Å². The van der Waals surface area contributed by atoms with Gasteiger partial charge in [-0.3, -0.25) is 4.79 Å². The van der Waals surface area contributed by atoms with Gasteiger partial charge in [-0.15, -0.1) is 0 Å². The standard InChI is InChI=1S/C17H26N2O3/c1-7-8-11(2)14(20)10-9-12(3)16(19-5)15(13(4)18)17(21)22-6/h8-10,19H,7,18H2,1-6H3/b10-9-,11-8+,15-13+,16-12+. The summed E-state index contributed by atoms with van der Waals surface area (Å²) in [5, 5.41) is 2.94. The van der Waals surface area contributed by atoms with E-state index >= 15 is 0 Å². The van der Waals surface area contributed by atoms with Crippen molar-refractivity contribution in [1.82, 2.24) is 5.32 Å². The van der Waals surface area contributed by atoms with E-state index in [1.54, 1.807) is 33.9 Å². The van der Waals surface area contributed by atoms with Crippen molar-refractivity contribution in [3.8, 4) is 0 Å². The number of carbonyl (C=O) groups excluding carboxylic acids is 2. The maximum absolute atomic E-state index is 11.9. The van der Waals surface area contributed by atoms with Crippen molar-refractivity contribution in [1.29, 1.82) is 0 Å². The molecule has 3 N–H and O–H groups in total. The molecule has 22 heavy (non-hydrogen) atoms. The summed E-state index contributed by atoms with van der Waals surface area (Å²) in [6.45, 7) is 7.17. The molecule has 0 saturated carbocycles. The largest absolute Gasteiger partial charge is 0.465 e. The van der Waals surface area contributed by atoms with Gasteiger partial charge in [-0.25, -0.2) is 4.79 Å². The summed E-state index contributed by atoms with van der Waals surface area (Å²) < 4.78 is 4.75. The second-order valence-corrected chi connectivity index (χ2v) is 4.85. The van der Waals surface area contributed by atoms with Crippen LogP contribution in [0.15, 0.2) is 46.3 Å². The van der Waals surface area contributed by atoms with Crippen LogP contribution in [-0.4, -0.2) is 25.9 Å². The molecule has 0 aromatic rings. The molecule has 0 unspecified atom stereocenters. The first-order valence-corrected chi connectivity index (χ1v) is 7.12. The summed E-state index contributed by atoms with van der Waals surface area (Å²) in [4.78, 5) is 23.8. The lowest BCUT2D eigenvalue weighted by Crippen LogP contribution is -2.21. The predicted molar refractivity (Wildman–Crippen MR) is 88.9 cm³/mol. The first-order valence-electron chi connectivity index (χ1n) is 7.12. The number of ether oxygens (including phenoxy) is 1. The number of esters is 1. The zero-order chi connectivity index (χ0) is 17.3. The van der Waals surface area contributed by atoms with Crippen LogP contribution in [0.1, 0.15) is 34.1 Å². The molecule has 0 aliphatic rings. The molecule has 0 rings (SSSR count). The van der Waals surface area contributed by atoms with Crippen LogP contribution in [0.2, 0.25) is 0 Å². The van der Waals surface area contributed by atoms with E-state index in [2.05, 4.69) is 5.32 Å². The first-order chi connectivity index (χ1) is 10.3. The van der Waals surface area contributed by atoms with Gasteiger partial charge in [0, 0.05) is 12.7 Å². The van der Waals surface area contributed by atoms with Crippen LogP contribution >= 0.6 is 0 Å². The molecule has 0 bridgehead atoms. The fraction of sp³-hybridized carbons (Fsp3) is 0.412. The zero-order valence-corrected chi connectivity index (χ0v) is 14.2. The highest BCUT2D eigenvalue weighted by Crippen LogP contribution is 2.17. The average molecular weight is 306 g/mol. The van der Waals surface area contributed by atoms with E-state index in [9.17, 15) is 9.59 Å². The minimum absolute atomic E-state index is 0.0651. The van der Waals surface area contributed by atoms with Crippen molar-refractivity contribution >= 4 is 11.8 Å². The molecule has 122 valence electrons. The number of hydrogen-bond donors (Lipinski definition) is 2. The number of likely N-dealkylation sites (N-methyl/N-ethyl adjacent to an activating group) is 1. The highest BCUT2D eigenvalue weighted by Gasteiger charge is 2.18. The molecule has 0 saturated heterocycles. The van der Waals surface area contributed by atoms with E-state index in [4.69, 9.17) is 10.5 Å². The normalized spacial score (nSPS) is 14.4. The second-order valence-electron chi connectivity index (χ2n) is 4.85. The van der Waals surface area contributed by atoms with Gasteiger partial charge in [-0.1, -0.05) is 19.1 Å². The number of nitrogens with two attached hydrogens (primary N) is 1. The molecule has 0 spiro atoms. The summed E-state index contributed by atoms with van der Waals surface area (Å²) in [5.74, 6) is -0.588. The Morgan fingerprint density at radius 3 is 2.18 bits per heavy atom. The minimum atomic E-state index is -0.523. The van der Waals surface area contributed by atoms with Crippen molar-refractivity contribution in [2.75, 3.05) is 14.2 Å². The summed E-state index contributed by atoms with van der Waals surface area (Å²) in [6, 6.07) is 0. The quantitative estimate of drug-likeness (QED) is 0.429. The summed E-state index contributed by atoms with van der Waals surface area (Å²) in [6.07, 6.45) is 5.82. The van der Waals surface area contributed by atoms with Crippen LogP contribution in [0.3, 0.4) is 0 Å². The number of allylic oxidation sites excluding steroid dienone is 6. The predicted octanol–water partition coefficient (Wildman–Crippen LogP) is 2.37. The Labute approximate surface area is 132 Å². The summed E-state index contributed by atoms with van der Waals surface area (Å²) in [5.41, 5.74) is 8.32. The maximum atomic E-state index is 11.9. The Morgan fingerprint density at radius 1 is 1.18 bits per heavy atom. The third-order valence-electron chi connectivity index (χ3n) is 3.06. The molecule has 5 nitrogen and oxygen atoms in total. The lowest BCUT2D eigenvalue weighted by molar-refractivity contribution is -0.135. The van der Waals surface area contributed by atoms with Gasteiger partial charge in [-0.2, -0.15) is 0 Å². The number of rotatable bonds is 7. The van der Waals surface area contributed by atoms with Gasteiger partial charge in [0.25, 0.3) is 0 Å². The fourth-order valence-corrected chi connectivity index (χ4v) is 1.90. The van der Waals surface area contributed by atoms with Crippen molar-refractivity contribution < 1.29 is 14.3 Å². The van der Waals surface area contributed by atoms with Crippen molar-refractivity contribution in [2.24, 2.45) is 5.73 Å². The Hall–Kier alpha value is -2.30. The zero-order valence-electron chi connectivity index (χ0n) is 14.2. The van der Waals surface area contributed by atoms with E-state index in [-0.39, 0.29) is 11.4 Å². The number of ketones is 1. The van der Waals surface area contributed by atoms with Crippen molar-refractivity contribution in [3.05, 3.63) is 46.3 Å². The van der Waals surface area contributed by atoms with Gasteiger partial charge >= 0.3 is 5.97 Å². The molecule has 0 aromatic carbocycles. The molecule has 5 heteroatoms. The van der Waals surface area contributed by atoms with E-state index < -0.39 is 5.97 Å². The maximum Gasteiger partial charge on any atom is 0.341 e. The lowest BCUT2D eigenvalue weighted by atomic mass is 10.0. The molecule has 0 radical (unpaired) electrons. The van der Waals surface area contributed by atoms with Gasteiger partial charge in [0.05, 0.1) is 12.8 Å². The van der Waals surface area contributed by atoms with Gasteiger partial charge in [0.15, 0.2) is 5.78 Å². The molecular weight excluding hydrogens is 280 g/mol. The number of hydrogen-bond acceptors (Lipinski definition) is 5. The number of nitrogens with one attached hydrogen (secondary N) is 1. The molecule has 0 heterocycles. The number of carbonyl (C=O) groups is 2. The third kappa shape index (κ3) is 5.60. The van der Waals surface area contributed by atoms with Crippen LogP contribution in [0.4, 0.5) is 0 Å².